The summed E-state index contributed by atoms with van der Waals surface area (Å²) in [5.41, 5.74) is 4.78. The third-order valence-electron chi connectivity index (χ3n) is 11.8. The lowest BCUT2D eigenvalue weighted by atomic mass is 9.35. The third-order valence-corrected chi connectivity index (χ3v) is 11.8. The van der Waals surface area contributed by atoms with Gasteiger partial charge in [0.05, 0.1) is 18.8 Å². The summed E-state index contributed by atoms with van der Waals surface area (Å²) in [5, 5.41) is 15.2. The van der Waals surface area contributed by atoms with Crippen molar-refractivity contribution >= 4 is 0 Å². The second kappa shape index (κ2) is 8.37. The highest BCUT2D eigenvalue weighted by atomic mass is 16.6. The van der Waals surface area contributed by atoms with Crippen LogP contribution in [0.15, 0.2) is 42.5 Å². The number of methoxy groups -OCH3 is 1. The van der Waals surface area contributed by atoms with E-state index in [0.29, 0.717) is 25.1 Å². The zero-order valence-electron chi connectivity index (χ0n) is 23.1. The number of nitrogens with one attached hydrogen (secondary N) is 1. The quantitative estimate of drug-likeness (QED) is 0.457. The van der Waals surface area contributed by atoms with Gasteiger partial charge < -0.3 is 14.2 Å². The molecular formula is C32H37N5O3. The summed E-state index contributed by atoms with van der Waals surface area (Å²) < 4.78 is 20.4. The van der Waals surface area contributed by atoms with Gasteiger partial charge in [-0.15, -0.1) is 10.2 Å². The molecule has 1 N–H and O–H groups in total. The summed E-state index contributed by atoms with van der Waals surface area (Å²) in [7, 11) is 1.91. The number of tetrazole rings is 1. The first kappa shape index (κ1) is 23.9. The average Bonchev–Trinajstić information content (AvgIpc) is 3.48. The number of aromatic amines is 1. The Hall–Kier alpha value is -2.81. The lowest BCUT2D eigenvalue weighted by Gasteiger charge is -2.74. The fourth-order valence-corrected chi connectivity index (χ4v) is 10.1. The van der Waals surface area contributed by atoms with Crippen LogP contribution in [0.5, 0.6) is 5.75 Å². The topological polar surface area (TPSA) is 85.4 Å². The van der Waals surface area contributed by atoms with Crippen molar-refractivity contribution in [2.45, 2.75) is 74.7 Å². The predicted octanol–water partition coefficient (Wildman–Crippen LogP) is 4.31. The number of piperidine rings is 1. The highest BCUT2D eigenvalue weighted by molar-refractivity contribution is 5.73. The predicted molar refractivity (Wildman–Crippen MR) is 148 cm³/mol. The SMILES string of the molecule is CO[C@]12CC[C@@]3(C[C@@H]1COCc1ccccc1)C1Cc4ccc(-c5nn[nH]n5)c5c4[C@@]3(CCN1CC1CC1)[C@H]2O5. The molecule has 40 heavy (non-hydrogen) atoms. The molecule has 208 valence electrons. The fourth-order valence-electron chi connectivity index (χ4n) is 10.1. The van der Waals surface area contributed by atoms with E-state index in [-0.39, 0.29) is 28.5 Å². The van der Waals surface area contributed by atoms with Crippen molar-refractivity contribution in [1.29, 1.82) is 0 Å². The molecule has 4 saturated carbocycles. The first-order chi connectivity index (χ1) is 19.7. The average molecular weight is 540 g/mol. The molecule has 3 aromatic rings. The van der Waals surface area contributed by atoms with Gasteiger partial charge in [-0.1, -0.05) is 36.4 Å². The zero-order valence-corrected chi connectivity index (χ0v) is 23.1. The van der Waals surface area contributed by atoms with Gasteiger partial charge in [0, 0.05) is 42.0 Å². The number of likely N-dealkylation sites (tertiary alicyclic amines) is 1. The number of rotatable bonds is 8. The molecule has 1 saturated heterocycles. The van der Waals surface area contributed by atoms with Gasteiger partial charge in [-0.25, -0.2) is 0 Å². The number of nitrogens with zero attached hydrogens (tertiary/aromatic N) is 4. The van der Waals surface area contributed by atoms with E-state index in [9.17, 15) is 0 Å². The number of ether oxygens (including phenoxy) is 3. The van der Waals surface area contributed by atoms with Crippen molar-refractivity contribution < 1.29 is 14.2 Å². The van der Waals surface area contributed by atoms with E-state index in [2.05, 4.69) is 68.0 Å². The van der Waals surface area contributed by atoms with Crippen LogP contribution >= 0.6 is 0 Å². The molecule has 3 heterocycles. The second-order valence-corrected chi connectivity index (χ2v) is 13.3. The van der Waals surface area contributed by atoms with Crippen LogP contribution in [-0.2, 0) is 27.9 Å². The highest BCUT2D eigenvalue weighted by Crippen LogP contribution is 2.76. The molecule has 2 aliphatic heterocycles. The van der Waals surface area contributed by atoms with Crippen molar-refractivity contribution in [1.82, 2.24) is 25.5 Å². The minimum atomic E-state index is -0.385. The summed E-state index contributed by atoms with van der Waals surface area (Å²) in [6.07, 6.45) is 8.31. The number of benzene rings is 2. The normalized spacial score (nSPS) is 36.9. The van der Waals surface area contributed by atoms with Crippen molar-refractivity contribution in [3.8, 4) is 17.1 Å². The number of fused-ring (bicyclic) bond motifs is 2. The molecule has 1 aromatic heterocycles. The van der Waals surface area contributed by atoms with Crippen LogP contribution in [0.4, 0.5) is 0 Å². The maximum Gasteiger partial charge on any atom is 0.208 e. The van der Waals surface area contributed by atoms with Crippen molar-refractivity contribution in [2.75, 3.05) is 26.8 Å². The highest BCUT2D eigenvalue weighted by Gasteiger charge is 2.80. The number of aromatic nitrogens is 4. The first-order valence-electron chi connectivity index (χ1n) is 15.2. The molecule has 8 nitrogen and oxygen atoms in total. The number of hydrogen-bond acceptors (Lipinski definition) is 7. The zero-order chi connectivity index (χ0) is 26.5. The molecule has 10 rings (SSSR count). The third kappa shape index (κ3) is 2.94. The molecule has 2 spiro atoms. The van der Waals surface area contributed by atoms with E-state index in [1.807, 2.05) is 7.11 Å². The van der Waals surface area contributed by atoms with Crippen molar-refractivity contribution in [2.24, 2.45) is 17.3 Å². The van der Waals surface area contributed by atoms with Crippen molar-refractivity contribution in [3.63, 3.8) is 0 Å². The Morgan fingerprint density at radius 2 is 2.00 bits per heavy atom. The first-order valence-corrected chi connectivity index (χ1v) is 15.2. The van der Waals surface area contributed by atoms with Crippen LogP contribution in [0.25, 0.3) is 11.4 Å². The molecule has 5 aliphatic carbocycles. The minimum Gasteiger partial charge on any atom is -0.485 e. The van der Waals surface area contributed by atoms with Gasteiger partial charge in [0.15, 0.2) is 0 Å². The Kier molecular flexibility index (Phi) is 4.99. The Balaban J connectivity index is 1.17. The van der Waals surface area contributed by atoms with Gasteiger partial charge in [0.2, 0.25) is 5.82 Å². The van der Waals surface area contributed by atoms with Gasteiger partial charge >= 0.3 is 0 Å². The Morgan fingerprint density at radius 3 is 2.80 bits per heavy atom. The molecule has 0 amide bonds. The van der Waals surface area contributed by atoms with E-state index in [4.69, 9.17) is 14.2 Å². The molecule has 0 radical (unpaired) electrons. The molecule has 1 unspecified atom stereocenters. The Labute approximate surface area is 234 Å². The van der Waals surface area contributed by atoms with Crippen LogP contribution < -0.4 is 4.74 Å². The monoisotopic (exact) mass is 539 g/mol. The van der Waals surface area contributed by atoms with Gasteiger partial charge in [-0.2, -0.15) is 5.21 Å². The molecule has 8 heteroatoms. The van der Waals surface area contributed by atoms with Crippen molar-refractivity contribution in [3.05, 3.63) is 59.2 Å². The van der Waals surface area contributed by atoms with E-state index >= 15 is 0 Å². The van der Waals surface area contributed by atoms with Crippen LogP contribution in [0.3, 0.4) is 0 Å². The summed E-state index contributed by atoms with van der Waals surface area (Å²) in [6.45, 7) is 3.71. The molecular weight excluding hydrogens is 502 g/mol. The molecule has 6 atom stereocenters. The molecule has 7 aliphatic rings. The maximum absolute atomic E-state index is 7.26. The summed E-state index contributed by atoms with van der Waals surface area (Å²) >= 11 is 0. The van der Waals surface area contributed by atoms with Gasteiger partial charge in [0.25, 0.3) is 0 Å². The van der Waals surface area contributed by atoms with E-state index in [0.717, 1.165) is 49.5 Å². The molecule has 2 aromatic carbocycles. The standard InChI is InChI=1S/C32H37N5O3/c1-38-32-12-11-30(16-23(32)19-39-18-21-5-3-2-4-6-21)25-15-22-9-10-24(28-33-35-36-34-28)27-26(22)31(30,29(32)40-27)13-14-37(25)17-20-7-8-20/h2-6,9-10,20,23,25,29H,7-8,11-19H2,1H3,(H,33,34,35,36)/t23-,25?,29-,30-,31+,32-/m1/s1. The van der Waals surface area contributed by atoms with Gasteiger partial charge in [-0.3, -0.25) is 4.90 Å². The second-order valence-electron chi connectivity index (χ2n) is 13.3. The van der Waals surface area contributed by atoms with Gasteiger partial charge in [-0.05, 0) is 79.8 Å². The summed E-state index contributed by atoms with van der Waals surface area (Å²) in [5.74, 6) is 2.75. The fraction of sp³-hybridized carbons (Fsp3) is 0.594. The maximum atomic E-state index is 7.26. The smallest absolute Gasteiger partial charge is 0.208 e. The van der Waals surface area contributed by atoms with E-state index in [1.165, 1.54) is 42.5 Å². The Morgan fingerprint density at radius 1 is 1.10 bits per heavy atom. The largest absolute Gasteiger partial charge is 0.485 e. The number of hydrogen-bond donors (Lipinski definition) is 1. The molecule has 5 fully saturated rings. The summed E-state index contributed by atoms with van der Waals surface area (Å²) in [4.78, 5) is 2.89. The van der Waals surface area contributed by atoms with Crippen LogP contribution in [-0.4, -0.2) is 70.1 Å². The van der Waals surface area contributed by atoms with E-state index in [1.54, 1.807) is 0 Å². The molecule has 4 bridgehead atoms. The minimum absolute atomic E-state index is 0.0366. The van der Waals surface area contributed by atoms with Crippen LogP contribution in [0.1, 0.15) is 55.2 Å². The van der Waals surface area contributed by atoms with Crippen LogP contribution in [0, 0.1) is 17.3 Å². The van der Waals surface area contributed by atoms with E-state index < -0.39 is 0 Å². The summed E-state index contributed by atoms with van der Waals surface area (Å²) in [6, 6.07) is 15.5. The van der Waals surface area contributed by atoms with Gasteiger partial charge in [0.1, 0.15) is 17.5 Å². The number of H-pyrrole nitrogens is 1. The van der Waals surface area contributed by atoms with Crippen LogP contribution in [0.2, 0.25) is 0 Å². The lowest BCUT2D eigenvalue weighted by Crippen LogP contribution is -2.81. The lowest BCUT2D eigenvalue weighted by molar-refractivity contribution is -0.283. The Bertz CT molecular complexity index is 1440.